The fraction of sp³-hybridized carbons (Fsp3) is 0.261. The SMILES string of the molecule is CC(C)c1cccc(C(C)C)c1NC(=O)c1cnc(Nc2ccc(F)cc2)nc1. The summed E-state index contributed by atoms with van der Waals surface area (Å²) in [7, 11) is 0. The van der Waals surface area contributed by atoms with Crippen LogP contribution in [0.2, 0.25) is 0 Å². The molecule has 150 valence electrons. The highest BCUT2D eigenvalue weighted by molar-refractivity contribution is 6.04. The van der Waals surface area contributed by atoms with Crippen molar-refractivity contribution in [1.82, 2.24) is 9.97 Å². The third kappa shape index (κ3) is 4.96. The Morgan fingerprint density at radius 1 is 0.897 bits per heavy atom. The van der Waals surface area contributed by atoms with E-state index in [4.69, 9.17) is 0 Å². The van der Waals surface area contributed by atoms with Crippen LogP contribution in [-0.2, 0) is 0 Å². The molecule has 1 amide bonds. The molecular formula is C23H25FN4O. The summed E-state index contributed by atoms with van der Waals surface area (Å²) in [5, 5.41) is 6.03. The maximum absolute atomic E-state index is 13.0. The van der Waals surface area contributed by atoms with Crippen LogP contribution in [0.5, 0.6) is 0 Å². The van der Waals surface area contributed by atoms with Crippen LogP contribution < -0.4 is 10.6 Å². The first-order chi connectivity index (χ1) is 13.8. The van der Waals surface area contributed by atoms with Gasteiger partial charge in [0.05, 0.1) is 5.56 Å². The molecule has 6 heteroatoms. The molecule has 0 unspecified atom stereocenters. The van der Waals surface area contributed by atoms with Crippen LogP contribution in [0.4, 0.5) is 21.7 Å². The molecule has 0 radical (unpaired) electrons. The third-order valence-corrected chi connectivity index (χ3v) is 4.63. The number of anilines is 3. The van der Waals surface area contributed by atoms with Crippen LogP contribution in [0.3, 0.4) is 0 Å². The van der Waals surface area contributed by atoms with E-state index in [1.807, 2.05) is 18.2 Å². The summed E-state index contributed by atoms with van der Waals surface area (Å²) in [5.74, 6) is 0.322. The van der Waals surface area contributed by atoms with E-state index in [1.165, 1.54) is 24.5 Å². The molecule has 0 aliphatic carbocycles. The second-order valence-electron chi connectivity index (χ2n) is 7.50. The maximum Gasteiger partial charge on any atom is 0.258 e. The minimum atomic E-state index is -0.314. The molecule has 0 atom stereocenters. The van der Waals surface area contributed by atoms with Crippen molar-refractivity contribution in [1.29, 1.82) is 0 Å². The molecular weight excluding hydrogens is 367 g/mol. The van der Waals surface area contributed by atoms with Crippen molar-refractivity contribution in [2.24, 2.45) is 0 Å². The number of carbonyl (C=O) groups excluding carboxylic acids is 1. The molecule has 0 saturated heterocycles. The van der Waals surface area contributed by atoms with Crippen molar-refractivity contribution in [2.75, 3.05) is 10.6 Å². The molecule has 2 aromatic carbocycles. The monoisotopic (exact) mass is 392 g/mol. The van der Waals surface area contributed by atoms with Gasteiger partial charge in [-0.25, -0.2) is 14.4 Å². The summed E-state index contributed by atoms with van der Waals surface area (Å²) >= 11 is 0. The number of nitrogens with zero attached hydrogens (tertiary/aromatic N) is 2. The van der Waals surface area contributed by atoms with Crippen molar-refractivity contribution in [3.63, 3.8) is 0 Å². The Kier molecular flexibility index (Phi) is 6.22. The molecule has 0 aliphatic heterocycles. The molecule has 0 bridgehead atoms. The Labute approximate surface area is 170 Å². The van der Waals surface area contributed by atoms with E-state index in [-0.39, 0.29) is 23.6 Å². The number of halogens is 1. The first-order valence-electron chi connectivity index (χ1n) is 9.64. The largest absolute Gasteiger partial charge is 0.324 e. The zero-order valence-corrected chi connectivity index (χ0v) is 17.0. The number of carbonyl (C=O) groups is 1. The van der Waals surface area contributed by atoms with E-state index in [0.717, 1.165) is 16.8 Å². The standard InChI is InChI=1S/C23H25FN4O/c1-14(2)19-6-5-7-20(15(3)4)21(19)28-22(29)16-12-25-23(26-13-16)27-18-10-8-17(24)9-11-18/h5-15H,1-4H3,(H,28,29)(H,25,26,27). The summed E-state index contributed by atoms with van der Waals surface area (Å²) < 4.78 is 13.0. The highest BCUT2D eigenvalue weighted by atomic mass is 19.1. The lowest BCUT2D eigenvalue weighted by Gasteiger charge is -2.20. The average molecular weight is 392 g/mol. The summed E-state index contributed by atoms with van der Waals surface area (Å²) in [6, 6.07) is 12.0. The Balaban J connectivity index is 1.79. The van der Waals surface area contributed by atoms with E-state index >= 15 is 0 Å². The lowest BCUT2D eigenvalue weighted by atomic mass is 9.92. The molecule has 3 rings (SSSR count). The molecule has 1 heterocycles. The Bertz CT molecular complexity index is 957. The number of amides is 1. The number of rotatable bonds is 6. The van der Waals surface area contributed by atoms with Crippen LogP contribution in [0.1, 0.15) is 61.0 Å². The summed E-state index contributed by atoms with van der Waals surface area (Å²) in [6.45, 7) is 8.42. The van der Waals surface area contributed by atoms with Crippen molar-refractivity contribution in [3.05, 3.63) is 77.4 Å². The number of hydrogen-bond acceptors (Lipinski definition) is 4. The average Bonchev–Trinajstić information content (AvgIpc) is 2.70. The number of benzene rings is 2. The predicted molar refractivity (Wildman–Crippen MR) is 114 cm³/mol. The van der Waals surface area contributed by atoms with Gasteiger partial charge in [-0.3, -0.25) is 4.79 Å². The van der Waals surface area contributed by atoms with Crippen molar-refractivity contribution < 1.29 is 9.18 Å². The van der Waals surface area contributed by atoms with Gasteiger partial charge in [0, 0.05) is 23.8 Å². The van der Waals surface area contributed by atoms with Gasteiger partial charge in [0.25, 0.3) is 5.91 Å². The smallest absolute Gasteiger partial charge is 0.258 e. The number of para-hydroxylation sites is 1. The predicted octanol–water partition coefficient (Wildman–Crippen LogP) is 5.86. The Morgan fingerprint density at radius 3 is 1.97 bits per heavy atom. The normalized spacial score (nSPS) is 11.0. The lowest BCUT2D eigenvalue weighted by molar-refractivity contribution is 0.102. The molecule has 3 aromatic rings. The highest BCUT2D eigenvalue weighted by Gasteiger charge is 2.17. The highest BCUT2D eigenvalue weighted by Crippen LogP contribution is 2.32. The second-order valence-corrected chi connectivity index (χ2v) is 7.50. The van der Waals surface area contributed by atoms with Gasteiger partial charge >= 0.3 is 0 Å². The number of hydrogen-bond donors (Lipinski definition) is 2. The minimum Gasteiger partial charge on any atom is -0.324 e. The molecule has 0 fully saturated rings. The maximum atomic E-state index is 13.0. The van der Waals surface area contributed by atoms with Crippen LogP contribution in [0.25, 0.3) is 0 Å². The van der Waals surface area contributed by atoms with E-state index < -0.39 is 0 Å². The van der Waals surface area contributed by atoms with E-state index in [0.29, 0.717) is 17.2 Å². The Morgan fingerprint density at radius 2 is 1.45 bits per heavy atom. The lowest BCUT2D eigenvalue weighted by Crippen LogP contribution is -2.16. The quantitative estimate of drug-likeness (QED) is 0.551. The van der Waals surface area contributed by atoms with Gasteiger partial charge in [-0.1, -0.05) is 45.9 Å². The minimum absolute atomic E-state index is 0.256. The van der Waals surface area contributed by atoms with Gasteiger partial charge in [0.2, 0.25) is 5.95 Å². The van der Waals surface area contributed by atoms with Gasteiger partial charge in [0.15, 0.2) is 0 Å². The molecule has 29 heavy (non-hydrogen) atoms. The Hall–Kier alpha value is -3.28. The molecule has 1 aromatic heterocycles. The van der Waals surface area contributed by atoms with Crippen LogP contribution in [0, 0.1) is 5.82 Å². The van der Waals surface area contributed by atoms with E-state index in [9.17, 15) is 9.18 Å². The first-order valence-corrected chi connectivity index (χ1v) is 9.64. The molecule has 0 saturated carbocycles. The van der Waals surface area contributed by atoms with Crippen LogP contribution >= 0.6 is 0 Å². The zero-order chi connectivity index (χ0) is 21.0. The fourth-order valence-corrected chi connectivity index (χ4v) is 3.05. The fourth-order valence-electron chi connectivity index (χ4n) is 3.05. The summed E-state index contributed by atoms with van der Waals surface area (Å²) in [6.07, 6.45) is 2.95. The van der Waals surface area contributed by atoms with Crippen LogP contribution in [-0.4, -0.2) is 15.9 Å². The molecule has 2 N–H and O–H groups in total. The van der Waals surface area contributed by atoms with Gasteiger partial charge in [-0.05, 0) is 47.2 Å². The molecule has 0 aliphatic rings. The molecule has 5 nitrogen and oxygen atoms in total. The van der Waals surface area contributed by atoms with Gasteiger partial charge in [-0.2, -0.15) is 0 Å². The number of nitrogens with one attached hydrogen (secondary N) is 2. The van der Waals surface area contributed by atoms with Crippen molar-refractivity contribution >= 4 is 23.2 Å². The molecule has 0 spiro atoms. The second kappa shape index (κ2) is 8.82. The third-order valence-electron chi connectivity index (χ3n) is 4.63. The number of aromatic nitrogens is 2. The van der Waals surface area contributed by atoms with Gasteiger partial charge < -0.3 is 10.6 Å². The summed E-state index contributed by atoms with van der Waals surface area (Å²) in [5.41, 5.74) is 4.08. The topological polar surface area (TPSA) is 66.9 Å². The first kappa shape index (κ1) is 20.5. The van der Waals surface area contributed by atoms with Crippen molar-refractivity contribution in [3.8, 4) is 0 Å². The van der Waals surface area contributed by atoms with Crippen molar-refractivity contribution in [2.45, 2.75) is 39.5 Å². The van der Waals surface area contributed by atoms with E-state index in [2.05, 4.69) is 48.3 Å². The van der Waals surface area contributed by atoms with E-state index in [1.54, 1.807) is 12.1 Å². The van der Waals surface area contributed by atoms with Crippen LogP contribution in [0.15, 0.2) is 54.9 Å². The van der Waals surface area contributed by atoms with Gasteiger partial charge in [0.1, 0.15) is 5.82 Å². The van der Waals surface area contributed by atoms with Gasteiger partial charge in [-0.15, -0.1) is 0 Å². The zero-order valence-electron chi connectivity index (χ0n) is 17.0. The summed E-state index contributed by atoms with van der Waals surface area (Å²) in [4.78, 5) is 21.2.